The van der Waals surface area contributed by atoms with Crippen molar-refractivity contribution in [3.63, 3.8) is 0 Å². The van der Waals surface area contributed by atoms with E-state index >= 15 is 0 Å². The van der Waals surface area contributed by atoms with Crippen LogP contribution in [0.5, 0.6) is 0 Å². The first kappa shape index (κ1) is 15.9. The van der Waals surface area contributed by atoms with Crippen LogP contribution in [0.15, 0.2) is 23.1 Å². The number of sulfonamides is 1. The molecule has 114 valence electrons. The van der Waals surface area contributed by atoms with Crippen LogP contribution < -0.4 is 5.32 Å². The van der Waals surface area contributed by atoms with E-state index in [4.69, 9.17) is 5.26 Å². The molecule has 7 heteroatoms. The number of halogens is 1. The van der Waals surface area contributed by atoms with Gasteiger partial charge in [0.15, 0.2) is 0 Å². The Morgan fingerprint density at radius 3 is 2.67 bits per heavy atom. The highest BCUT2D eigenvalue weighted by Crippen LogP contribution is 2.24. The van der Waals surface area contributed by atoms with Crippen molar-refractivity contribution in [1.82, 2.24) is 9.62 Å². The normalized spacial score (nSPS) is 17.6. The summed E-state index contributed by atoms with van der Waals surface area (Å²) in [4.78, 5) is -0.0208. The molecule has 0 spiro atoms. The van der Waals surface area contributed by atoms with Crippen LogP contribution in [-0.4, -0.2) is 39.4 Å². The molecule has 1 aromatic rings. The second kappa shape index (κ2) is 6.52. The molecule has 0 radical (unpaired) electrons. The van der Waals surface area contributed by atoms with Crippen LogP contribution in [0.3, 0.4) is 0 Å². The third-order valence-corrected chi connectivity index (χ3v) is 5.66. The molecule has 0 saturated carbocycles. The van der Waals surface area contributed by atoms with Crippen molar-refractivity contribution < 1.29 is 12.8 Å². The number of hydrogen-bond donors (Lipinski definition) is 1. The number of rotatable bonds is 4. The Hall–Kier alpha value is -1.49. The van der Waals surface area contributed by atoms with E-state index in [1.54, 1.807) is 6.07 Å². The fourth-order valence-electron chi connectivity index (χ4n) is 2.54. The number of benzene rings is 1. The molecule has 1 saturated heterocycles. The largest absolute Gasteiger partial charge is 0.319 e. The maximum Gasteiger partial charge on any atom is 0.243 e. The maximum atomic E-state index is 13.3. The topological polar surface area (TPSA) is 73.2 Å². The highest BCUT2D eigenvalue weighted by Gasteiger charge is 2.29. The Bertz CT molecular complexity index is 647. The minimum absolute atomic E-state index is 0.0208. The smallest absolute Gasteiger partial charge is 0.243 e. The first-order chi connectivity index (χ1) is 9.98. The van der Waals surface area contributed by atoms with Gasteiger partial charge in [-0.05, 0) is 50.6 Å². The van der Waals surface area contributed by atoms with Gasteiger partial charge in [0, 0.05) is 13.1 Å². The first-order valence-corrected chi connectivity index (χ1v) is 8.27. The van der Waals surface area contributed by atoms with Gasteiger partial charge in [-0.15, -0.1) is 0 Å². The van der Waals surface area contributed by atoms with Gasteiger partial charge < -0.3 is 5.32 Å². The maximum absolute atomic E-state index is 13.3. The van der Waals surface area contributed by atoms with Crippen molar-refractivity contribution in [2.75, 3.05) is 26.7 Å². The predicted molar refractivity (Wildman–Crippen MR) is 76.5 cm³/mol. The average molecular weight is 311 g/mol. The summed E-state index contributed by atoms with van der Waals surface area (Å²) in [5, 5.41) is 11.9. The van der Waals surface area contributed by atoms with E-state index in [0.717, 1.165) is 31.5 Å². The molecule has 0 bridgehead atoms. The zero-order valence-corrected chi connectivity index (χ0v) is 12.7. The van der Waals surface area contributed by atoms with Crippen molar-refractivity contribution in [2.24, 2.45) is 5.92 Å². The van der Waals surface area contributed by atoms with Gasteiger partial charge >= 0.3 is 0 Å². The summed E-state index contributed by atoms with van der Waals surface area (Å²) >= 11 is 0. The lowest BCUT2D eigenvalue weighted by atomic mass is 9.98. The van der Waals surface area contributed by atoms with Crippen molar-refractivity contribution in [3.05, 3.63) is 29.6 Å². The molecule has 1 aliphatic heterocycles. The number of hydrogen-bond acceptors (Lipinski definition) is 4. The summed E-state index contributed by atoms with van der Waals surface area (Å²) in [6.45, 7) is 1.78. The second-order valence-corrected chi connectivity index (χ2v) is 7.10. The lowest BCUT2D eigenvalue weighted by Crippen LogP contribution is -2.40. The van der Waals surface area contributed by atoms with E-state index in [1.807, 2.05) is 7.05 Å². The van der Waals surface area contributed by atoms with Gasteiger partial charge in [0.25, 0.3) is 0 Å². The molecular formula is C14H18FN3O2S. The highest BCUT2D eigenvalue weighted by molar-refractivity contribution is 7.89. The summed E-state index contributed by atoms with van der Waals surface area (Å²) in [6, 6.07) is 5.01. The van der Waals surface area contributed by atoms with Crippen molar-refractivity contribution in [3.8, 4) is 6.07 Å². The molecule has 0 aliphatic carbocycles. The van der Waals surface area contributed by atoms with Crippen LogP contribution in [0.25, 0.3) is 0 Å². The van der Waals surface area contributed by atoms with E-state index in [1.165, 1.54) is 10.4 Å². The quantitative estimate of drug-likeness (QED) is 0.910. The molecule has 1 fully saturated rings. The molecule has 1 aliphatic rings. The Kier molecular flexibility index (Phi) is 4.93. The van der Waals surface area contributed by atoms with E-state index in [2.05, 4.69) is 5.32 Å². The van der Waals surface area contributed by atoms with Crippen LogP contribution in [-0.2, 0) is 10.0 Å². The Morgan fingerprint density at radius 1 is 1.43 bits per heavy atom. The third-order valence-electron chi connectivity index (χ3n) is 3.76. The van der Waals surface area contributed by atoms with E-state index in [-0.39, 0.29) is 10.5 Å². The number of piperidine rings is 1. The summed E-state index contributed by atoms with van der Waals surface area (Å²) < 4.78 is 39.7. The van der Waals surface area contributed by atoms with Crippen LogP contribution in [0.2, 0.25) is 0 Å². The molecule has 5 nitrogen and oxygen atoms in total. The summed E-state index contributed by atoms with van der Waals surface area (Å²) in [5.74, 6) is -0.228. The molecule has 0 aromatic heterocycles. The number of nitrogens with zero attached hydrogens (tertiary/aromatic N) is 2. The van der Waals surface area contributed by atoms with Crippen molar-refractivity contribution >= 4 is 10.0 Å². The van der Waals surface area contributed by atoms with Gasteiger partial charge in [0.2, 0.25) is 10.0 Å². The minimum atomic E-state index is -3.65. The van der Waals surface area contributed by atoms with E-state index in [9.17, 15) is 12.8 Å². The third kappa shape index (κ3) is 3.40. The van der Waals surface area contributed by atoms with Crippen molar-refractivity contribution in [1.29, 1.82) is 5.26 Å². The predicted octanol–water partition coefficient (Wildman–Crippen LogP) is 1.32. The summed E-state index contributed by atoms with van der Waals surface area (Å²) in [5.41, 5.74) is -0.249. The fraction of sp³-hybridized carbons (Fsp3) is 0.500. The zero-order chi connectivity index (χ0) is 15.5. The minimum Gasteiger partial charge on any atom is -0.319 e. The van der Waals surface area contributed by atoms with Crippen molar-refractivity contribution in [2.45, 2.75) is 17.7 Å². The van der Waals surface area contributed by atoms with E-state index in [0.29, 0.717) is 19.0 Å². The molecule has 21 heavy (non-hydrogen) atoms. The van der Waals surface area contributed by atoms with Gasteiger partial charge in [-0.3, -0.25) is 0 Å². The van der Waals surface area contributed by atoms with Crippen LogP contribution in [0.4, 0.5) is 4.39 Å². The second-order valence-electron chi connectivity index (χ2n) is 5.16. The number of nitriles is 1. The molecule has 1 heterocycles. The first-order valence-electron chi connectivity index (χ1n) is 6.83. The van der Waals surface area contributed by atoms with Crippen LogP contribution >= 0.6 is 0 Å². The van der Waals surface area contributed by atoms with Gasteiger partial charge in [-0.25, -0.2) is 12.8 Å². The Morgan fingerprint density at radius 2 is 2.10 bits per heavy atom. The average Bonchev–Trinajstić information content (AvgIpc) is 2.48. The van der Waals surface area contributed by atoms with E-state index < -0.39 is 15.8 Å². The molecule has 0 unspecified atom stereocenters. The lowest BCUT2D eigenvalue weighted by Gasteiger charge is -2.31. The molecular weight excluding hydrogens is 293 g/mol. The molecule has 1 aromatic carbocycles. The monoisotopic (exact) mass is 311 g/mol. The van der Waals surface area contributed by atoms with Gasteiger partial charge in [-0.2, -0.15) is 9.57 Å². The lowest BCUT2D eigenvalue weighted by molar-refractivity contribution is 0.270. The molecule has 0 amide bonds. The standard InChI is InChI=1S/C14H18FN3O2S/c1-17-10-11-4-6-18(7-5-11)21(19,20)13-2-3-14(15)12(8-13)9-16/h2-3,8,11,17H,4-7,10H2,1H3. The molecule has 1 N–H and O–H groups in total. The molecule has 0 atom stereocenters. The Balaban J connectivity index is 2.18. The SMILES string of the molecule is CNCC1CCN(S(=O)(=O)c2ccc(F)c(C#N)c2)CC1. The summed E-state index contributed by atoms with van der Waals surface area (Å²) in [6.07, 6.45) is 1.60. The van der Waals surface area contributed by atoms with Gasteiger partial charge in [0.1, 0.15) is 11.9 Å². The Labute approximate surface area is 124 Å². The zero-order valence-electron chi connectivity index (χ0n) is 11.8. The number of nitrogens with one attached hydrogen (secondary N) is 1. The molecule has 2 rings (SSSR count). The summed E-state index contributed by atoms with van der Waals surface area (Å²) in [7, 11) is -1.77. The van der Waals surface area contributed by atoms with Crippen LogP contribution in [0.1, 0.15) is 18.4 Å². The fourth-order valence-corrected chi connectivity index (χ4v) is 4.04. The van der Waals surface area contributed by atoms with Crippen LogP contribution in [0, 0.1) is 23.1 Å². The van der Waals surface area contributed by atoms with Gasteiger partial charge in [0.05, 0.1) is 10.5 Å². The van der Waals surface area contributed by atoms with Gasteiger partial charge in [-0.1, -0.05) is 0 Å². The highest BCUT2D eigenvalue weighted by atomic mass is 32.2.